The van der Waals surface area contributed by atoms with Crippen LogP contribution < -0.4 is 16.0 Å². The Hall–Kier alpha value is -3.12. The van der Waals surface area contributed by atoms with Gasteiger partial charge in [-0.25, -0.2) is 14.5 Å². The van der Waals surface area contributed by atoms with Crippen molar-refractivity contribution >= 4 is 23.1 Å². The zero-order chi connectivity index (χ0) is 21.4. The van der Waals surface area contributed by atoms with Crippen molar-refractivity contribution in [3.8, 4) is 28.7 Å². The molecule has 4 rings (SSSR count). The van der Waals surface area contributed by atoms with E-state index in [1.54, 1.807) is 25.9 Å². The lowest BCUT2D eigenvalue weighted by atomic mass is 10.1. The highest BCUT2D eigenvalue weighted by Gasteiger charge is 2.20. The molecule has 0 fully saturated rings. The molecule has 0 bridgehead atoms. The third-order valence-corrected chi connectivity index (χ3v) is 6.39. The van der Waals surface area contributed by atoms with E-state index >= 15 is 0 Å². The van der Waals surface area contributed by atoms with Crippen LogP contribution in [0.2, 0.25) is 0 Å². The van der Waals surface area contributed by atoms with Crippen LogP contribution in [0, 0.1) is 6.92 Å². The molecule has 0 unspecified atom stereocenters. The summed E-state index contributed by atoms with van der Waals surface area (Å²) in [6, 6.07) is 5.57. The standard InChI is InChI=1S/C18H17N7O3S2/c1-9-21-22-18(30-9)29-8-11-7-10(5-6-12(11)28-4)14-19-13-15(25(3)23-14)20-17(27)24(2)16(13)26/h5-7H,8H2,1-4H3. The lowest BCUT2D eigenvalue weighted by Gasteiger charge is -2.13. The van der Waals surface area contributed by atoms with Crippen LogP contribution in [0.5, 0.6) is 5.75 Å². The fourth-order valence-electron chi connectivity index (χ4n) is 2.83. The predicted octanol–water partition coefficient (Wildman–Crippen LogP) is 1.50. The number of methoxy groups -OCH3 is 1. The van der Waals surface area contributed by atoms with Gasteiger partial charge < -0.3 is 4.74 Å². The number of nitrogens with zero attached hydrogens (tertiary/aromatic N) is 7. The average molecular weight is 444 g/mol. The summed E-state index contributed by atoms with van der Waals surface area (Å²) >= 11 is 3.09. The van der Waals surface area contributed by atoms with Gasteiger partial charge in [0.15, 0.2) is 21.7 Å². The van der Waals surface area contributed by atoms with E-state index in [1.165, 1.54) is 23.1 Å². The molecule has 3 heterocycles. The van der Waals surface area contributed by atoms with Crippen molar-refractivity contribution in [3.63, 3.8) is 0 Å². The summed E-state index contributed by atoms with van der Waals surface area (Å²) in [5.74, 6) is 1.84. The van der Waals surface area contributed by atoms with Crippen molar-refractivity contribution in [2.24, 2.45) is 14.1 Å². The van der Waals surface area contributed by atoms with Crippen LogP contribution in [-0.4, -0.2) is 41.6 Å². The first-order valence-electron chi connectivity index (χ1n) is 8.79. The minimum absolute atomic E-state index is 0.0840. The van der Waals surface area contributed by atoms with E-state index in [9.17, 15) is 9.59 Å². The second-order valence-corrected chi connectivity index (χ2v) is 8.80. The maximum atomic E-state index is 12.5. The third-order valence-electron chi connectivity index (χ3n) is 4.37. The smallest absolute Gasteiger partial charge is 0.352 e. The highest BCUT2D eigenvalue weighted by Crippen LogP contribution is 2.32. The van der Waals surface area contributed by atoms with Crippen LogP contribution in [0.4, 0.5) is 0 Å². The number of hydrogen-bond acceptors (Lipinski definition) is 10. The second-order valence-electron chi connectivity index (χ2n) is 6.39. The molecule has 12 heteroatoms. The zero-order valence-electron chi connectivity index (χ0n) is 16.6. The van der Waals surface area contributed by atoms with E-state index in [4.69, 9.17) is 4.74 Å². The van der Waals surface area contributed by atoms with E-state index < -0.39 is 11.2 Å². The number of rotatable bonds is 5. The predicted molar refractivity (Wildman–Crippen MR) is 113 cm³/mol. The second kappa shape index (κ2) is 7.95. The largest absolute Gasteiger partial charge is 0.496 e. The Bertz CT molecular complexity index is 1330. The van der Waals surface area contributed by atoms with Gasteiger partial charge in [-0.1, -0.05) is 23.1 Å². The van der Waals surface area contributed by atoms with Gasteiger partial charge in [0.25, 0.3) is 5.56 Å². The summed E-state index contributed by atoms with van der Waals surface area (Å²) in [5.41, 5.74) is 0.571. The molecule has 2 aliphatic rings. The van der Waals surface area contributed by atoms with E-state index in [2.05, 4.69) is 25.3 Å². The molecule has 0 radical (unpaired) electrons. The molecule has 0 N–H and O–H groups in total. The molecule has 0 amide bonds. The minimum Gasteiger partial charge on any atom is -0.496 e. The summed E-state index contributed by atoms with van der Waals surface area (Å²) in [6.07, 6.45) is 0. The van der Waals surface area contributed by atoms with Gasteiger partial charge in [0.05, 0.1) is 7.11 Å². The molecule has 0 saturated heterocycles. The first kappa shape index (κ1) is 20.2. The maximum absolute atomic E-state index is 12.5. The van der Waals surface area contributed by atoms with Gasteiger partial charge in [-0.3, -0.25) is 9.36 Å². The van der Waals surface area contributed by atoms with Crippen molar-refractivity contribution < 1.29 is 4.74 Å². The Labute approximate surface area is 179 Å². The number of thioether (sulfide) groups is 1. The van der Waals surface area contributed by atoms with Crippen molar-refractivity contribution in [2.45, 2.75) is 17.0 Å². The van der Waals surface area contributed by atoms with Crippen LogP contribution >= 0.6 is 23.1 Å². The summed E-state index contributed by atoms with van der Waals surface area (Å²) < 4.78 is 8.68. The number of fused-ring (bicyclic) bond motifs is 1. The molecule has 2 aliphatic heterocycles. The van der Waals surface area contributed by atoms with Gasteiger partial charge in [-0.05, 0) is 25.1 Å². The summed E-state index contributed by atoms with van der Waals surface area (Å²) in [6.45, 7) is 1.91. The fraction of sp³-hybridized carbons (Fsp3) is 0.278. The molecule has 0 spiro atoms. The van der Waals surface area contributed by atoms with Gasteiger partial charge in [-0.15, -0.1) is 10.2 Å². The number of ether oxygens (including phenoxy) is 1. The topological polar surface area (TPSA) is 118 Å². The van der Waals surface area contributed by atoms with Crippen molar-refractivity contribution in [1.82, 2.24) is 34.5 Å². The molecular weight excluding hydrogens is 426 g/mol. The Morgan fingerprint density at radius 3 is 2.67 bits per heavy atom. The van der Waals surface area contributed by atoms with Gasteiger partial charge in [0, 0.05) is 31.0 Å². The Kier molecular flexibility index (Phi) is 5.35. The van der Waals surface area contributed by atoms with Gasteiger partial charge in [-0.2, -0.15) is 10.1 Å². The van der Waals surface area contributed by atoms with Gasteiger partial charge in [0.1, 0.15) is 10.8 Å². The molecule has 2 aromatic rings. The molecule has 1 aromatic heterocycles. The third kappa shape index (κ3) is 3.71. The van der Waals surface area contributed by atoms with E-state index in [0.29, 0.717) is 17.1 Å². The monoisotopic (exact) mass is 443 g/mol. The minimum atomic E-state index is -0.643. The molecule has 154 valence electrons. The molecule has 0 atom stereocenters. The number of benzene rings is 1. The summed E-state index contributed by atoms with van der Waals surface area (Å²) in [7, 11) is 4.61. The van der Waals surface area contributed by atoms with E-state index in [1.807, 2.05) is 25.1 Å². The van der Waals surface area contributed by atoms with Gasteiger partial charge >= 0.3 is 5.69 Å². The Morgan fingerprint density at radius 1 is 1.17 bits per heavy atom. The van der Waals surface area contributed by atoms with Crippen LogP contribution in [-0.2, 0) is 19.8 Å². The average Bonchev–Trinajstić information content (AvgIpc) is 3.16. The van der Waals surface area contributed by atoms with Crippen LogP contribution in [0.3, 0.4) is 0 Å². The molecule has 10 nitrogen and oxygen atoms in total. The Balaban J connectivity index is 1.77. The quantitative estimate of drug-likeness (QED) is 0.423. The van der Waals surface area contributed by atoms with Crippen LogP contribution in [0.1, 0.15) is 10.6 Å². The zero-order valence-corrected chi connectivity index (χ0v) is 18.2. The number of aromatic nitrogens is 7. The Morgan fingerprint density at radius 2 is 1.97 bits per heavy atom. The highest BCUT2D eigenvalue weighted by atomic mass is 32.2. The molecule has 30 heavy (non-hydrogen) atoms. The summed E-state index contributed by atoms with van der Waals surface area (Å²) in [5, 5.41) is 13.5. The van der Waals surface area contributed by atoms with Crippen LogP contribution in [0.15, 0.2) is 32.1 Å². The van der Waals surface area contributed by atoms with Gasteiger partial charge in [0.2, 0.25) is 0 Å². The van der Waals surface area contributed by atoms with Crippen molar-refractivity contribution in [1.29, 1.82) is 0 Å². The summed E-state index contributed by atoms with van der Waals surface area (Å²) in [4.78, 5) is 32.6. The molecule has 1 aromatic carbocycles. The first-order chi connectivity index (χ1) is 14.4. The number of aryl methyl sites for hydroxylation is 2. The lowest BCUT2D eigenvalue weighted by Crippen LogP contribution is -2.36. The molecular formula is C18H17N7O3S2. The lowest BCUT2D eigenvalue weighted by molar-refractivity contribution is 0.411. The normalized spacial score (nSPS) is 11.2. The van der Waals surface area contributed by atoms with Crippen LogP contribution in [0.25, 0.3) is 22.9 Å². The highest BCUT2D eigenvalue weighted by molar-refractivity contribution is 8.00. The van der Waals surface area contributed by atoms with E-state index in [0.717, 1.165) is 25.2 Å². The SMILES string of the molecule is COc1ccc(-c2nc3c(=O)n(C)c(=O)nc-3n(C)n2)cc1CSc1nnc(C)s1. The van der Waals surface area contributed by atoms with Crippen molar-refractivity contribution in [2.75, 3.05) is 7.11 Å². The molecule has 0 saturated carbocycles. The first-order valence-corrected chi connectivity index (χ1v) is 10.6. The molecule has 0 aliphatic carbocycles. The van der Waals surface area contributed by atoms with Crippen molar-refractivity contribution in [3.05, 3.63) is 49.6 Å². The number of hydrogen-bond donors (Lipinski definition) is 0. The fourth-order valence-corrected chi connectivity index (χ4v) is 4.62. The van der Waals surface area contributed by atoms with E-state index in [-0.39, 0.29) is 11.5 Å². The maximum Gasteiger partial charge on any atom is 0.352 e.